The van der Waals surface area contributed by atoms with Gasteiger partial charge in [-0.3, -0.25) is 14.6 Å². The summed E-state index contributed by atoms with van der Waals surface area (Å²) in [6, 6.07) is 0.776. The second kappa shape index (κ2) is 6.44. The molecule has 2 aromatic heterocycles. The maximum Gasteiger partial charge on any atom is 0.326 e. The lowest BCUT2D eigenvalue weighted by atomic mass is 9.74. The molecular weight excluding hydrogens is 346 g/mol. The summed E-state index contributed by atoms with van der Waals surface area (Å²) in [4.78, 5) is 49.2. The summed E-state index contributed by atoms with van der Waals surface area (Å²) < 4.78 is 0. The highest BCUT2D eigenvalue weighted by Gasteiger charge is 2.35. The highest BCUT2D eigenvalue weighted by Crippen LogP contribution is 2.40. The average molecular weight is 371 g/mol. The van der Waals surface area contributed by atoms with Crippen molar-refractivity contribution >= 4 is 5.91 Å². The van der Waals surface area contributed by atoms with Crippen LogP contribution < -0.4 is 16.6 Å². The Hall–Kier alpha value is -2.77. The molecule has 0 saturated carbocycles. The SMILES string of the molecule is CC1(C)Cc2nc(C(C)(C)C)ncc2C(NC(=O)c2cc(=O)[nH]c(=O)[nH]2)C1. The van der Waals surface area contributed by atoms with Crippen LogP contribution in [0, 0.1) is 5.41 Å². The molecule has 8 nitrogen and oxygen atoms in total. The third kappa shape index (κ3) is 4.15. The predicted octanol–water partition coefficient (Wildman–Crippen LogP) is 1.59. The van der Waals surface area contributed by atoms with E-state index in [0.717, 1.165) is 29.6 Å². The molecule has 3 rings (SSSR count). The lowest BCUT2D eigenvalue weighted by Gasteiger charge is -2.37. The van der Waals surface area contributed by atoms with E-state index < -0.39 is 17.2 Å². The molecule has 1 atom stereocenters. The van der Waals surface area contributed by atoms with E-state index in [1.807, 2.05) is 0 Å². The minimum Gasteiger partial charge on any atom is -0.344 e. The summed E-state index contributed by atoms with van der Waals surface area (Å²) in [5.41, 5.74) is 0.178. The quantitative estimate of drug-likeness (QED) is 0.740. The van der Waals surface area contributed by atoms with Crippen molar-refractivity contribution in [2.75, 3.05) is 0 Å². The fourth-order valence-electron chi connectivity index (χ4n) is 3.36. The largest absolute Gasteiger partial charge is 0.344 e. The zero-order chi connectivity index (χ0) is 20.0. The Kier molecular flexibility index (Phi) is 4.53. The Balaban J connectivity index is 1.96. The van der Waals surface area contributed by atoms with Crippen molar-refractivity contribution in [2.45, 2.75) is 58.9 Å². The van der Waals surface area contributed by atoms with Crippen molar-refractivity contribution in [3.8, 4) is 0 Å². The van der Waals surface area contributed by atoms with Gasteiger partial charge in [-0.1, -0.05) is 34.6 Å². The lowest BCUT2D eigenvalue weighted by Crippen LogP contribution is -2.39. The monoisotopic (exact) mass is 371 g/mol. The molecular formula is C19H25N5O3. The van der Waals surface area contributed by atoms with Crippen LogP contribution in [0.5, 0.6) is 0 Å². The van der Waals surface area contributed by atoms with Crippen LogP contribution in [0.3, 0.4) is 0 Å². The molecule has 0 aromatic carbocycles. The van der Waals surface area contributed by atoms with Gasteiger partial charge in [0.25, 0.3) is 11.5 Å². The molecule has 1 amide bonds. The molecule has 2 heterocycles. The van der Waals surface area contributed by atoms with E-state index in [2.05, 4.69) is 54.9 Å². The second-order valence-electron chi connectivity index (χ2n) is 8.92. The van der Waals surface area contributed by atoms with E-state index in [4.69, 9.17) is 4.98 Å². The molecule has 1 aliphatic rings. The van der Waals surface area contributed by atoms with E-state index >= 15 is 0 Å². The second-order valence-corrected chi connectivity index (χ2v) is 8.92. The Morgan fingerprint density at radius 2 is 1.96 bits per heavy atom. The topological polar surface area (TPSA) is 121 Å². The van der Waals surface area contributed by atoms with Crippen LogP contribution in [0.4, 0.5) is 0 Å². The molecule has 1 aliphatic carbocycles. The number of carbonyl (C=O) groups excluding carboxylic acids is 1. The summed E-state index contributed by atoms with van der Waals surface area (Å²) in [5.74, 6) is 0.259. The van der Waals surface area contributed by atoms with E-state index in [-0.39, 0.29) is 22.6 Å². The van der Waals surface area contributed by atoms with Crippen LogP contribution in [-0.2, 0) is 11.8 Å². The minimum absolute atomic E-state index is 0.0595. The van der Waals surface area contributed by atoms with Crippen molar-refractivity contribution in [3.63, 3.8) is 0 Å². The van der Waals surface area contributed by atoms with Crippen molar-refractivity contribution in [1.82, 2.24) is 25.3 Å². The van der Waals surface area contributed by atoms with Crippen molar-refractivity contribution in [1.29, 1.82) is 0 Å². The molecule has 0 spiro atoms. The summed E-state index contributed by atoms with van der Waals surface area (Å²) in [5, 5.41) is 2.92. The van der Waals surface area contributed by atoms with Crippen LogP contribution in [0.1, 0.15) is 74.7 Å². The molecule has 0 saturated heterocycles. The van der Waals surface area contributed by atoms with Crippen molar-refractivity contribution < 1.29 is 4.79 Å². The van der Waals surface area contributed by atoms with Crippen LogP contribution in [0.15, 0.2) is 21.9 Å². The van der Waals surface area contributed by atoms with Gasteiger partial charge in [-0.25, -0.2) is 14.8 Å². The predicted molar refractivity (Wildman–Crippen MR) is 101 cm³/mol. The maximum absolute atomic E-state index is 12.6. The molecule has 8 heteroatoms. The van der Waals surface area contributed by atoms with Gasteiger partial charge in [0.15, 0.2) is 0 Å². The molecule has 0 fully saturated rings. The summed E-state index contributed by atoms with van der Waals surface area (Å²) in [6.45, 7) is 10.4. The van der Waals surface area contributed by atoms with Gasteiger partial charge in [0.1, 0.15) is 11.5 Å². The van der Waals surface area contributed by atoms with Gasteiger partial charge < -0.3 is 10.3 Å². The highest BCUT2D eigenvalue weighted by molar-refractivity contribution is 5.92. The number of carbonyl (C=O) groups is 1. The number of aromatic nitrogens is 4. The Morgan fingerprint density at radius 1 is 1.26 bits per heavy atom. The fraction of sp³-hybridized carbons (Fsp3) is 0.526. The number of amides is 1. The van der Waals surface area contributed by atoms with Gasteiger partial charge in [-0.05, 0) is 18.3 Å². The zero-order valence-corrected chi connectivity index (χ0v) is 16.3. The number of H-pyrrole nitrogens is 2. The third-order valence-electron chi connectivity index (χ3n) is 4.66. The molecule has 0 radical (unpaired) electrons. The highest BCUT2D eigenvalue weighted by atomic mass is 16.2. The number of fused-ring (bicyclic) bond motifs is 1. The van der Waals surface area contributed by atoms with E-state index in [1.165, 1.54) is 0 Å². The standard InChI is InChI=1S/C19H25N5O3/c1-18(2,3)16-20-9-10-12(7-19(4,5)8-13(10)22-16)21-15(26)11-6-14(25)24-17(27)23-11/h6,9,12H,7-8H2,1-5H3,(H,21,26)(H2,23,24,25,27). The summed E-state index contributed by atoms with van der Waals surface area (Å²) >= 11 is 0. The molecule has 27 heavy (non-hydrogen) atoms. The van der Waals surface area contributed by atoms with Crippen LogP contribution >= 0.6 is 0 Å². The number of hydrogen-bond donors (Lipinski definition) is 3. The number of nitrogens with zero attached hydrogens (tertiary/aromatic N) is 2. The Morgan fingerprint density at radius 3 is 2.59 bits per heavy atom. The normalized spacial score (nSPS) is 18.6. The first kappa shape index (κ1) is 19.0. The Labute approximate surface area is 156 Å². The van der Waals surface area contributed by atoms with Gasteiger partial charge in [-0.2, -0.15) is 0 Å². The molecule has 0 bridgehead atoms. The molecule has 1 unspecified atom stereocenters. The molecule has 0 aliphatic heterocycles. The van der Waals surface area contributed by atoms with Crippen LogP contribution in [-0.4, -0.2) is 25.8 Å². The van der Waals surface area contributed by atoms with E-state index in [9.17, 15) is 14.4 Å². The first-order chi connectivity index (χ1) is 12.4. The molecule has 2 aromatic rings. The number of nitrogens with one attached hydrogen (secondary N) is 3. The van der Waals surface area contributed by atoms with Crippen LogP contribution in [0.2, 0.25) is 0 Å². The minimum atomic E-state index is -0.713. The smallest absolute Gasteiger partial charge is 0.326 e. The van der Waals surface area contributed by atoms with E-state index in [1.54, 1.807) is 6.20 Å². The van der Waals surface area contributed by atoms with Gasteiger partial charge in [-0.15, -0.1) is 0 Å². The van der Waals surface area contributed by atoms with Gasteiger partial charge in [0.2, 0.25) is 0 Å². The fourth-order valence-corrected chi connectivity index (χ4v) is 3.36. The lowest BCUT2D eigenvalue weighted by molar-refractivity contribution is 0.0913. The maximum atomic E-state index is 12.6. The molecule has 3 N–H and O–H groups in total. The summed E-state index contributed by atoms with van der Waals surface area (Å²) in [6.07, 6.45) is 3.28. The van der Waals surface area contributed by atoms with Crippen LogP contribution in [0.25, 0.3) is 0 Å². The van der Waals surface area contributed by atoms with Crippen molar-refractivity contribution in [2.24, 2.45) is 5.41 Å². The summed E-state index contributed by atoms with van der Waals surface area (Å²) in [7, 11) is 0. The van der Waals surface area contributed by atoms with Crippen molar-refractivity contribution in [3.05, 3.63) is 55.9 Å². The van der Waals surface area contributed by atoms with E-state index in [0.29, 0.717) is 6.42 Å². The zero-order valence-electron chi connectivity index (χ0n) is 16.3. The van der Waals surface area contributed by atoms with Gasteiger partial charge in [0.05, 0.1) is 6.04 Å². The first-order valence-electron chi connectivity index (χ1n) is 8.95. The number of rotatable bonds is 2. The Bertz CT molecular complexity index is 969. The number of hydrogen-bond acceptors (Lipinski definition) is 5. The van der Waals surface area contributed by atoms with Gasteiger partial charge in [0, 0.05) is 28.9 Å². The first-order valence-corrected chi connectivity index (χ1v) is 8.95. The van der Waals surface area contributed by atoms with Gasteiger partial charge >= 0.3 is 5.69 Å². The molecule has 144 valence electrons. The third-order valence-corrected chi connectivity index (χ3v) is 4.66. The average Bonchev–Trinajstić information content (AvgIpc) is 2.51. The number of aromatic amines is 2.